The van der Waals surface area contributed by atoms with E-state index >= 15 is 0 Å². The van der Waals surface area contributed by atoms with Gasteiger partial charge in [0.25, 0.3) is 11.5 Å². The van der Waals surface area contributed by atoms with E-state index in [2.05, 4.69) is 4.98 Å². The van der Waals surface area contributed by atoms with E-state index in [0.29, 0.717) is 12.2 Å². The van der Waals surface area contributed by atoms with E-state index in [4.69, 9.17) is 4.74 Å². The number of methoxy groups -OCH3 is 1. The molecule has 0 saturated carbocycles. The summed E-state index contributed by atoms with van der Waals surface area (Å²) in [5.41, 5.74) is 1.33. The molecule has 3 aromatic heterocycles. The van der Waals surface area contributed by atoms with Crippen LogP contribution < -0.4 is 14.9 Å². The van der Waals surface area contributed by atoms with Gasteiger partial charge in [-0.15, -0.1) is 11.3 Å². The molecule has 4 aromatic rings. The highest BCUT2D eigenvalue weighted by atomic mass is 32.1. The van der Waals surface area contributed by atoms with Crippen LogP contribution >= 0.6 is 11.3 Å². The number of aromatic nitrogens is 3. The zero-order valence-electron chi connectivity index (χ0n) is 14.0. The minimum atomic E-state index is -0.268. The van der Waals surface area contributed by atoms with Gasteiger partial charge in [-0.05, 0) is 18.2 Å². The standard InChI is InChI=1S/C19H15N3O3S/c1-25-14-6-4-5-13(9-14)19-20-11-15(26-19)12-22-16-7-2-3-8-21(16)17(23)10-18(22)24/h2-11H,12H2,1H3/p+1. The normalized spacial score (nSPS) is 11.0. The fourth-order valence-electron chi connectivity index (χ4n) is 2.80. The number of hydrogen-bond donors (Lipinski definition) is 1. The van der Waals surface area contributed by atoms with Crippen molar-refractivity contribution in [1.82, 2.24) is 9.38 Å². The van der Waals surface area contributed by atoms with Gasteiger partial charge < -0.3 is 9.84 Å². The molecular weight excluding hydrogens is 350 g/mol. The Labute approximate surface area is 153 Å². The number of rotatable bonds is 4. The third kappa shape index (κ3) is 2.93. The van der Waals surface area contributed by atoms with Crippen molar-refractivity contribution in [3.63, 3.8) is 0 Å². The average Bonchev–Trinajstić information content (AvgIpc) is 3.14. The van der Waals surface area contributed by atoms with Gasteiger partial charge >= 0.3 is 5.56 Å². The summed E-state index contributed by atoms with van der Waals surface area (Å²) < 4.78 is 8.45. The Morgan fingerprint density at radius 2 is 2.12 bits per heavy atom. The predicted octanol–water partition coefficient (Wildman–Crippen LogP) is 2.47. The molecule has 0 spiro atoms. The molecule has 7 heteroatoms. The first-order chi connectivity index (χ1) is 12.7. The van der Waals surface area contributed by atoms with E-state index in [0.717, 1.165) is 21.2 Å². The summed E-state index contributed by atoms with van der Waals surface area (Å²) >= 11 is 1.54. The molecule has 4 rings (SSSR count). The van der Waals surface area contributed by atoms with Crippen molar-refractivity contribution in [1.29, 1.82) is 0 Å². The van der Waals surface area contributed by atoms with Crippen LogP contribution in [0.25, 0.3) is 16.2 Å². The summed E-state index contributed by atoms with van der Waals surface area (Å²) in [5, 5.41) is 11.1. The highest BCUT2D eigenvalue weighted by Gasteiger charge is 2.17. The topological polar surface area (TPSA) is 67.7 Å². The zero-order valence-corrected chi connectivity index (χ0v) is 14.8. The van der Waals surface area contributed by atoms with Gasteiger partial charge in [-0.1, -0.05) is 18.2 Å². The van der Waals surface area contributed by atoms with Crippen LogP contribution in [0.4, 0.5) is 0 Å². The lowest BCUT2D eigenvalue weighted by atomic mass is 10.2. The maximum atomic E-state index is 12.0. The molecule has 1 aromatic carbocycles. The molecule has 26 heavy (non-hydrogen) atoms. The second-order valence-corrected chi connectivity index (χ2v) is 6.83. The minimum Gasteiger partial charge on any atom is -0.497 e. The van der Waals surface area contributed by atoms with Crippen LogP contribution in [0.5, 0.6) is 11.6 Å². The number of fused-ring (bicyclic) bond motifs is 1. The van der Waals surface area contributed by atoms with Crippen LogP contribution in [0, 0.1) is 0 Å². The molecular formula is C19H16N3O3S+. The molecule has 0 saturated heterocycles. The van der Waals surface area contributed by atoms with Gasteiger partial charge in [-0.3, -0.25) is 0 Å². The summed E-state index contributed by atoms with van der Waals surface area (Å²) in [7, 11) is 1.63. The van der Waals surface area contributed by atoms with Gasteiger partial charge in [-0.2, -0.15) is 8.97 Å². The number of pyridine rings is 1. The lowest BCUT2D eigenvalue weighted by Gasteiger charge is -2.04. The van der Waals surface area contributed by atoms with Crippen molar-refractivity contribution < 1.29 is 14.4 Å². The number of thiazole rings is 1. The van der Waals surface area contributed by atoms with Gasteiger partial charge in [-0.25, -0.2) is 9.78 Å². The van der Waals surface area contributed by atoms with E-state index in [9.17, 15) is 9.90 Å². The molecule has 0 radical (unpaired) electrons. The molecule has 0 amide bonds. The Morgan fingerprint density at radius 3 is 2.96 bits per heavy atom. The smallest absolute Gasteiger partial charge is 0.346 e. The second kappa shape index (κ2) is 6.61. The molecule has 6 nitrogen and oxygen atoms in total. The van der Waals surface area contributed by atoms with Crippen LogP contribution in [0.15, 0.2) is 65.7 Å². The van der Waals surface area contributed by atoms with Crippen molar-refractivity contribution in [3.05, 3.63) is 76.2 Å². The van der Waals surface area contributed by atoms with Gasteiger partial charge in [0.05, 0.1) is 18.2 Å². The summed E-state index contributed by atoms with van der Waals surface area (Å²) in [6.07, 6.45) is 3.47. The summed E-state index contributed by atoms with van der Waals surface area (Å²) in [4.78, 5) is 17.5. The number of ether oxygens (including phenoxy) is 1. The third-order valence-corrected chi connectivity index (χ3v) is 5.10. The van der Waals surface area contributed by atoms with Crippen molar-refractivity contribution >= 4 is 17.0 Å². The Hall–Kier alpha value is -3.19. The van der Waals surface area contributed by atoms with E-state index < -0.39 is 0 Å². The fourth-order valence-corrected chi connectivity index (χ4v) is 3.70. The molecule has 0 aliphatic rings. The molecule has 130 valence electrons. The quantitative estimate of drug-likeness (QED) is 0.564. The molecule has 0 fully saturated rings. The zero-order chi connectivity index (χ0) is 18.1. The lowest BCUT2D eigenvalue weighted by molar-refractivity contribution is -0.671. The van der Waals surface area contributed by atoms with Gasteiger partial charge in [0.2, 0.25) is 0 Å². The largest absolute Gasteiger partial charge is 0.497 e. The SMILES string of the molecule is COc1cccc(-c2ncc(C[n+]3c(O)cc(=O)n4ccccc43)s2)c1. The monoisotopic (exact) mass is 366 g/mol. The van der Waals surface area contributed by atoms with Crippen LogP contribution in [0.2, 0.25) is 0 Å². The first-order valence-corrected chi connectivity index (χ1v) is 8.80. The Bertz CT molecular complexity index is 1150. The number of nitrogens with zero attached hydrogens (tertiary/aromatic N) is 3. The van der Waals surface area contributed by atoms with E-state index in [-0.39, 0.29) is 11.4 Å². The molecule has 0 bridgehead atoms. The number of aromatic hydroxyl groups is 1. The second-order valence-electron chi connectivity index (χ2n) is 5.72. The Kier molecular flexibility index (Phi) is 4.14. The predicted molar refractivity (Wildman–Crippen MR) is 98.7 cm³/mol. The lowest BCUT2D eigenvalue weighted by Crippen LogP contribution is -2.39. The maximum absolute atomic E-state index is 12.0. The molecule has 0 aliphatic carbocycles. The first-order valence-electron chi connectivity index (χ1n) is 7.98. The van der Waals surface area contributed by atoms with E-state index in [1.165, 1.54) is 21.8 Å². The molecule has 1 N–H and O–H groups in total. The van der Waals surface area contributed by atoms with E-state index in [1.54, 1.807) is 36.2 Å². The third-order valence-electron chi connectivity index (χ3n) is 4.07. The minimum absolute atomic E-state index is 0.0717. The van der Waals surface area contributed by atoms with Gasteiger partial charge in [0.1, 0.15) is 23.4 Å². The molecule has 0 unspecified atom stereocenters. The number of hydrogen-bond acceptors (Lipinski definition) is 5. The van der Waals surface area contributed by atoms with Crippen molar-refractivity contribution in [2.24, 2.45) is 0 Å². The van der Waals surface area contributed by atoms with Gasteiger partial charge in [0.15, 0.2) is 0 Å². The Balaban J connectivity index is 1.72. The highest BCUT2D eigenvalue weighted by molar-refractivity contribution is 7.15. The van der Waals surface area contributed by atoms with Crippen LogP contribution in [-0.4, -0.2) is 21.6 Å². The van der Waals surface area contributed by atoms with Crippen molar-refractivity contribution in [3.8, 4) is 22.2 Å². The van der Waals surface area contributed by atoms with Crippen molar-refractivity contribution in [2.45, 2.75) is 6.54 Å². The van der Waals surface area contributed by atoms with Crippen molar-refractivity contribution in [2.75, 3.05) is 7.11 Å². The first kappa shape index (κ1) is 16.3. The van der Waals surface area contributed by atoms with Crippen LogP contribution in [-0.2, 0) is 6.54 Å². The Morgan fingerprint density at radius 1 is 1.23 bits per heavy atom. The maximum Gasteiger partial charge on any atom is 0.346 e. The molecule has 0 aliphatic heterocycles. The average molecular weight is 366 g/mol. The fraction of sp³-hybridized carbons (Fsp3) is 0.105. The summed E-state index contributed by atoms with van der Waals surface area (Å²) in [6, 6.07) is 14.4. The van der Waals surface area contributed by atoms with Crippen LogP contribution in [0.3, 0.4) is 0 Å². The molecule has 3 heterocycles. The molecule has 0 atom stereocenters. The highest BCUT2D eigenvalue weighted by Crippen LogP contribution is 2.28. The summed E-state index contributed by atoms with van der Waals surface area (Å²) in [5.74, 6) is 0.706. The summed E-state index contributed by atoms with van der Waals surface area (Å²) in [6.45, 7) is 0.418. The van der Waals surface area contributed by atoms with E-state index in [1.807, 2.05) is 30.3 Å². The van der Waals surface area contributed by atoms with Crippen LogP contribution in [0.1, 0.15) is 4.88 Å². The number of benzene rings is 1. The van der Waals surface area contributed by atoms with Gasteiger partial charge in [0, 0.05) is 17.8 Å².